The van der Waals surface area contributed by atoms with Crippen LogP contribution in [0.5, 0.6) is 0 Å². The second kappa shape index (κ2) is 5.97. The van der Waals surface area contributed by atoms with Crippen LogP contribution in [-0.2, 0) is 0 Å². The maximum atomic E-state index is 13.8. The number of benzene rings is 1. The Bertz CT molecular complexity index is 426. The number of rotatable bonds is 4. The van der Waals surface area contributed by atoms with E-state index in [1.54, 1.807) is 0 Å². The summed E-state index contributed by atoms with van der Waals surface area (Å²) in [5, 5.41) is 3.41. The van der Waals surface area contributed by atoms with E-state index in [2.05, 4.69) is 28.2 Å². The molecule has 1 fully saturated rings. The third-order valence-electron chi connectivity index (χ3n) is 3.20. The number of hydrogen-bond acceptors (Lipinski definition) is 2. The van der Waals surface area contributed by atoms with E-state index in [4.69, 9.17) is 0 Å². The molecule has 1 atom stereocenters. The molecule has 18 heavy (non-hydrogen) atoms. The number of nitrogens with one attached hydrogen (secondary N) is 1. The van der Waals surface area contributed by atoms with Crippen molar-refractivity contribution in [2.75, 3.05) is 24.5 Å². The van der Waals surface area contributed by atoms with Gasteiger partial charge in [-0.25, -0.2) is 8.78 Å². The van der Waals surface area contributed by atoms with E-state index in [9.17, 15) is 8.78 Å². The van der Waals surface area contributed by atoms with Gasteiger partial charge in [0.1, 0.15) is 11.6 Å². The molecule has 0 bridgehead atoms. The van der Waals surface area contributed by atoms with Crippen LogP contribution in [0.15, 0.2) is 16.6 Å². The van der Waals surface area contributed by atoms with Crippen molar-refractivity contribution in [1.29, 1.82) is 0 Å². The zero-order valence-electron chi connectivity index (χ0n) is 10.3. The summed E-state index contributed by atoms with van der Waals surface area (Å²) in [6.45, 7) is 4.58. The van der Waals surface area contributed by atoms with Gasteiger partial charge in [0.15, 0.2) is 0 Å². The Balaban J connectivity index is 2.07. The fourth-order valence-corrected chi connectivity index (χ4v) is 2.56. The lowest BCUT2D eigenvalue weighted by molar-refractivity contribution is 0.547. The van der Waals surface area contributed by atoms with Crippen LogP contribution in [0.2, 0.25) is 0 Å². The molecule has 2 rings (SSSR count). The standard InChI is InChI=1S/C13H17BrF2N2/c1-2-4-17-9-3-5-18(8-9)13-7-11(15)10(14)6-12(13)16/h6-7,9,17H,2-5,8H2,1H3. The molecule has 1 N–H and O–H groups in total. The van der Waals surface area contributed by atoms with Gasteiger partial charge in [0.05, 0.1) is 10.2 Å². The summed E-state index contributed by atoms with van der Waals surface area (Å²) in [5.41, 5.74) is 0.358. The molecule has 0 aromatic heterocycles. The summed E-state index contributed by atoms with van der Waals surface area (Å²) >= 11 is 2.99. The van der Waals surface area contributed by atoms with E-state index < -0.39 is 5.82 Å². The number of halogens is 3. The molecule has 2 nitrogen and oxygen atoms in total. The van der Waals surface area contributed by atoms with Crippen LogP contribution in [-0.4, -0.2) is 25.7 Å². The van der Waals surface area contributed by atoms with Crippen molar-refractivity contribution in [1.82, 2.24) is 5.32 Å². The van der Waals surface area contributed by atoms with Crippen LogP contribution in [0.1, 0.15) is 19.8 Å². The minimum atomic E-state index is -0.420. The first-order valence-corrected chi connectivity index (χ1v) is 7.04. The van der Waals surface area contributed by atoms with Gasteiger partial charge >= 0.3 is 0 Å². The molecule has 0 amide bonds. The molecule has 1 aliphatic heterocycles. The topological polar surface area (TPSA) is 15.3 Å². The Hall–Kier alpha value is -0.680. The fourth-order valence-electron chi connectivity index (χ4n) is 2.25. The Labute approximate surface area is 114 Å². The van der Waals surface area contributed by atoms with Gasteiger partial charge in [-0.3, -0.25) is 0 Å². The Morgan fingerprint density at radius 1 is 1.39 bits per heavy atom. The predicted molar refractivity (Wildman–Crippen MR) is 73.0 cm³/mol. The van der Waals surface area contributed by atoms with Crippen LogP contribution in [0.4, 0.5) is 14.5 Å². The maximum absolute atomic E-state index is 13.8. The minimum absolute atomic E-state index is 0.170. The van der Waals surface area contributed by atoms with Crippen molar-refractivity contribution in [2.45, 2.75) is 25.8 Å². The first-order chi connectivity index (χ1) is 8.61. The monoisotopic (exact) mass is 318 g/mol. The van der Waals surface area contributed by atoms with Gasteiger partial charge in [-0.2, -0.15) is 0 Å². The smallest absolute Gasteiger partial charge is 0.147 e. The molecule has 1 aromatic rings. The first-order valence-electron chi connectivity index (χ1n) is 6.24. The van der Waals surface area contributed by atoms with E-state index in [1.165, 1.54) is 12.1 Å². The normalized spacial score (nSPS) is 19.6. The summed E-state index contributed by atoms with van der Waals surface area (Å²) in [7, 11) is 0. The number of anilines is 1. The summed E-state index contributed by atoms with van der Waals surface area (Å²) in [6, 6.07) is 2.83. The average molecular weight is 319 g/mol. The third kappa shape index (κ3) is 3.01. The zero-order chi connectivity index (χ0) is 13.1. The lowest BCUT2D eigenvalue weighted by Gasteiger charge is -2.20. The van der Waals surface area contributed by atoms with Gasteiger partial charge in [-0.15, -0.1) is 0 Å². The van der Waals surface area contributed by atoms with Crippen molar-refractivity contribution < 1.29 is 8.78 Å². The van der Waals surface area contributed by atoms with E-state index in [0.29, 0.717) is 11.7 Å². The molecule has 5 heteroatoms. The minimum Gasteiger partial charge on any atom is -0.367 e. The van der Waals surface area contributed by atoms with Crippen molar-refractivity contribution in [3.05, 3.63) is 28.2 Å². The quantitative estimate of drug-likeness (QED) is 0.857. The third-order valence-corrected chi connectivity index (χ3v) is 3.81. The highest BCUT2D eigenvalue weighted by atomic mass is 79.9. The van der Waals surface area contributed by atoms with Crippen LogP contribution >= 0.6 is 15.9 Å². The zero-order valence-corrected chi connectivity index (χ0v) is 11.9. The average Bonchev–Trinajstić information content (AvgIpc) is 2.79. The Morgan fingerprint density at radius 2 is 2.17 bits per heavy atom. The fraction of sp³-hybridized carbons (Fsp3) is 0.538. The highest BCUT2D eigenvalue weighted by Crippen LogP contribution is 2.28. The van der Waals surface area contributed by atoms with Crippen molar-refractivity contribution in [3.63, 3.8) is 0 Å². The predicted octanol–water partition coefficient (Wildman–Crippen LogP) is 3.31. The molecule has 100 valence electrons. The SMILES string of the molecule is CCCNC1CCN(c2cc(F)c(Br)cc2F)C1. The molecule has 0 aliphatic carbocycles. The van der Waals surface area contributed by atoms with Crippen LogP contribution < -0.4 is 10.2 Å². The summed E-state index contributed by atoms with van der Waals surface area (Å²) in [5.74, 6) is -0.796. The van der Waals surface area contributed by atoms with Crippen molar-refractivity contribution >= 4 is 21.6 Å². The first kappa shape index (κ1) is 13.7. The summed E-state index contributed by atoms with van der Waals surface area (Å²) in [4.78, 5) is 1.90. The van der Waals surface area contributed by atoms with Crippen molar-refractivity contribution in [2.24, 2.45) is 0 Å². The van der Waals surface area contributed by atoms with Gasteiger partial charge in [-0.05, 0) is 41.4 Å². The van der Waals surface area contributed by atoms with Gasteiger partial charge in [-0.1, -0.05) is 6.92 Å². The molecular weight excluding hydrogens is 302 g/mol. The molecular formula is C13H17BrF2N2. The molecule has 1 aromatic carbocycles. The summed E-state index contributed by atoms with van der Waals surface area (Å²) in [6.07, 6.45) is 2.05. The molecule has 0 saturated carbocycles. The van der Waals surface area contributed by atoms with Gasteiger partial charge in [0.2, 0.25) is 0 Å². The van der Waals surface area contributed by atoms with Crippen LogP contribution in [0.25, 0.3) is 0 Å². The lowest BCUT2D eigenvalue weighted by Crippen LogP contribution is -2.33. The molecule has 1 heterocycles. The second-order valence-corrected chi connectivity index (χ2v) is 5.46. The summed E-state index contributed by atoms with van der Waals surface area (Å²) < 4.78 is 27.4. The maximum Gasteiger partial charge on any atom is 0.147 e. The molecule has 1 unspecified atom stereocenters. The van der Waals surface area contributed by atoms with Gasteiger partial charge in [0.25, 0.3) is 0 Å². The van der Waals surface area contributed by atoms with Crippen LogP contribution in [0, 0.1) is 11.6 Å². The number of hydrogen-bond donors (Lipinski definition) is 1. The highest BCUT2D eigenvalue weighted by Gasteiger charge is 2.24. The van der Waals surface area contributed by atoms with Crippen LogP contribution in [0.3, 0.4) is 0 Å². The van der Waals surface area contributed by atoms with E-state index in [1.807, 2.05) is 4.90 Å². The molecule has 0 spiro atoms. The van der Waals surface area contributed by atoms with E-state index in [0.717, 1.165) is 32.5 Å². The van der Waals surface area contributed by atoms with Crippen molar-refractivity contribution in [3.8, 4) is 0 Å². The molecule has 1 aliphatic rings. The molecule has 1 saturated heterocycles. The number of nitrogens with zero attached hydrogens (tertiary/aromatic N) is 1. The highest BCUT2D eigenvalue weighted by molar-refractivity contribution is 9.10. The lowest BCUT2D eigenvalue weighted by atomic mass is 10.2. The largest absolute Gasteiger partial charge is 0.367 e. The Kier molecular flexibility index (Phi) is 4.56. The second-order valence-electron chi connectivity index (χ2n) is 4.60. The van der Waals surface area contributed by atoms with E-state index in [-0.39, 0.29) is 10.3 Å². The molecule has 0 radical (unpaired) electrons. The Morgan fingerprint density at radius 3 is 2.89 bits per heavy atom. The van der Waals surface area contributed by atoms with Gasteiger partial charge in [0, 0.05) is 25.2 Å². The van der Waals surface area contributed by atoms with E-state index >= 15 is 0 Å². The van der Waals surface area contributed by atoms with Gasteiger partial charge < -0.3 is 10.2 Å².